The average molecular weight is 321 g/mol. The molecule has 0 bridgehead atoms. The summed E-state index contributed by atoms with van der Waals surface area (Å²) in [5.41, 5.74) is 6.71. The number of hydrogen-bond donors (Lipinski definition) is 2. The molecule has 0 aliphatic carbocycles. The predicted molar refractivity (Wildman–Crippen MR) is 86.3 cm³/mol. The van der Waals surface area contributed by atoms with Crippen molar-refractivity contribution in [3.05, 3.63) is 63.1 Å². The standard InChI is InChI=1S/C16H14Cl2N2O/c1-9-7-10(5-6-15(9)21)13-8-14(20-19-13)16-11(17)3-2-4-12(16)18/h2-7,14,20-21H,8H2,1H3. The van der Waals surface area contributed by atoms with Crippen molar-refractivity contribution in [3.8, 4) is 5.75 Å². The third kappa shape index (κ3) is 2.71. The number of nitrogens with one attached hydrogen (secondary N) is 1. The molecule has 1 atom stereocenters. The van der Waals surface area contributed by atoms with E-state index in [1.807, 2.05) is 37.3 Å². The first-order valence-electron chi connectivity index (χ1n) is 6.62. The van der Waals surface area contributed by atoms with Crippen LogP contribution in [0.3, 0.4) is 0 Å². The number of rotatable bonds is 2. The molecule has 1 unspecified atom stereocenters. The second-order valence-electron chi connectivity index (χ2n) is 5.08. The Morgan fingerprint density at radius 3 is 2.57 bits per heavy atom. The monoisotopic (exact) mass is 320 g/mol. The number of benzene rings is 2. The lowest BCUT2D eigenvalue weighted by molar-refractivity contribution is 0.471. The van der Waals surface area contributed by atoms with E-state index in [9.17, 15) is 5.11 Å². The van der Waals surface area contributed by atoms with E-state index in [1.54, 1.807) is 6.07 Å². The van der Waals surface area contributed by atoms with Crippen LogP contribution < -0.4 is 5.43 Å². The van der Waals surface area contributed by atoms with Gasteiger partial charge in [0.2, 0.25) is 0 Å². The first-order valence-corrected chi connectivity index (χ1v) is 7.38. The zero-order chi connectivity index (χ0) is 15.0. The quantitative estimate of drug-likeness (QED) is 0.858. The molecule has 2 aromatic rings. The highest BCUT2D eigenvalue weighted by Crippen LogP contribution is 2.35. The Morgan fingerprint density at radius 2 is 1.90 bits per heavy atom. The van der Waals surface area contributed by atoms with E-state index >= 15 is 0 Å². The summed E-state index contributed by atoms with van der Waals surface area (Å²) in [7, 11) is 0. The number of phenols is 1. The Balaban J connectivity index is 1.86. The molecule has 1 heterocycles. The van der Waals surface area contributed by atoms with Gasteiger partial charge in [0.15, 0.2) is 0 Å². The third-order valence-corrected chi connectivity index (χ3v) is 4.29. The van der Waals surface area contributed by atoms with Crippen molar-refractivity contribution in [1.82, 2.24) is 5.43 Å². The molecule has 21 heavy (non-hydrogen) atoms. The summed E-state index contributed by atoms with van der Waals surface area (Å²) in [6, 6.07) is 10.9. The summed E-state index contributed by atoms with van der Waals surface area (Å²) in [4.78, 5) is 0. The van der Waals surface area contributed by atoms with Crippen LogP contribution >= 0.6 is 23.2 Å². The maximum absolute atomic E-state index is 9.60. The number of aromatic hydroxyl groups is 1. The molecule has 0 saturated carbocycles. The Bertz CT molecular complexity index is 708. The number of hydrazone groups is 1. The fraction of sp³-hybridized carbons (Fsp3) is 0.188. The normalized spacial score (nSPS) is 17.5. The molecule has 5 heteroatoms. The largest absolute Gasteiger partial charge is 0.508 e. The van der Waals surface area contributed by atoms with Crippen LogP contribution in [0.25, 0.3) is 0 Å². The van der Waals surface area contributed by atoms with Gasteiger partial charge in [-0.05, 0) is 48.4 Å². The van der Waals surface area contributed by atoms with Crippen LogP contribution in [0.1, 0.15) is 29.2 Å². The first-order chi connectivity index (χ1) is 10.1. The Labute approximate surface area is 133 Å². The lowest BCUT2D eigenvalue weighted by atomic mass is 9.98. The first kappa shape index (κ1) is 14.2. The van der Waals surface area contributed by atoms with Gasteiger partial charge in [-0.15, -0.1) is 0 Å². The summed E-state index contributed by atoms with van der Waals surface area (Å²) in [5, 5.41) is 15.3. The number of nitrogens with zero attached hydrogens (tertiary/aromatic N) is 1. The lowest BCUT2D eigenvalue weighted by Gasteiger charge is -2.14. The third-order valence-electron chi connectivity index (χ3n) is 3.63. The lowest BCUT2D eigenvalue weighted by Crippen LogP contribution is -2.11. The van der Waals surface area contributed by atoms with Crippen LogP contribution in [-0.4, -0.2) is 10.8 Å². The van der Waals surface area contributed by atoms with E-state index in [4.69, 9.17) is 23.2 Å². The Morgan fingerprint density at radius 1 is 1.19 bits per heavy atom. The summed E-state index contributed by atoms with van der Waals surface area (Å²) < 4.78 is 0. The SMILES string of the molecule is Cc1cc(C2=NNC(c3c(Cl)cccc3Cl)C2)ccc1O. The van der Waals surface area contributed by atoms with Gasteiger partial charge >= 0.3 is 0 Å². The van der Waals surface area contributed by atoms with Crippen molar-refractivity contribution < 1.29 is 5.11 Å². The van der Waals surface area contributed by atoms with Crippen molar-refractivity contribution in [1.29, 1.82) is 0 Å². The van der Waals surface area contributed by atoms with Gasteiger partial charge in [0, 0.05) is 22.0 Å². The van der Waals surface area contributed by atoms with Crippen LogP contribution in [-0.2, 0) is 0 Å². The van der Waals surface area contributed by atoms with Crippen LogP contribution in [0.2, 0.25) is 10.0 Å². The molecule has 0 amide bonds. The van der Waals surface area contributed by atoms with Crippen LogP contribution in [0, 0.1) is 6.92 Å². The smallest absolute Gasteiger partial charge is 0.118 e. The fourth-order valence-electron chi connectivity index (χ4n) is 2.47. The van der Waals surface area contributed by atoms with Gasteiger partial charge in [-0.3, -0.25) is 0 Å². The molecule has 1 aliphatic rings. The molecule has 1 aliphatic heterocycles. The highest BCUT2D eigenvalue weighted by molar-refractivity contribution is 6.36. The van der Waals surface area contributed by atoms with Crippen molar-refractivity contribution in [2.75, 3.05) is 0 Å². The van der Waals surface area contributed by atoms with E-state index in [2.05, 4.69) is 10.5 Å². The molecule has 0 aromatic heterocycles. The maximum atomic E-state index is 9.60. The highest BCUT2D eigenvalue weighted by Gasteiger charge is 2.25. The molecule has 0 saturated heterocycles. The van der Waals surface area contributed by atoms with Gasteiger partial charge in [0.25, 0.3) is 0 Å². The average Bonchev–Trinajstić information content (AvgIpc) is 2.91. The van der Waals surface area contributed by atoms with Gasteiger partial charge in [-0.1, -0.05) is 29.3 Å². The van der Waals surface area contributed by atoms with Crippen molar-refractivity contribution in [2.24, 2.45) is 5.10 Å². The van der Waals surface area contributed by atoms with E-state index in [0.29, 0.717) is 16.5 Å². The second-order valence-corrected chi connectivity index (χ2v) is 5.90. The second kappa shape index (κ2) is 5.58. The number of halogens is 2. The van der Waals surface area contributed by atoms with E-state index in [1.165, 1.54) is 0 Å². The molecule has 3 nitrogen and oxygen atoms in total. The maximum Gasteiger partial charge on any atom is 0.118 e. The summed E-state index contributed by atoms with van der Waals surface area (Å²) in [5.74, 6) is 0.288. The topological polar surface area (TPSA) is 44.6 Å². The Hall–Kier alpha value is -1.71. The van der Waals surface area contributed by atoms with Crippen LogP contribution in [0.5, 0.6) is 5.75 Å². The summed E-state index contributed by atoms with van der Waals surface area (Å²) in [6.07, 6.45) is 0.702. The summed E-state index contributed by atoms with van der Waals surface area (Å²) >= 11 is 12.5. The Kier molecular flexibility index (Phi) is 3.79. The molecule has 0 radical (unpaired) electrons. The molecule has 2 aromatic carbocycles. The number of phenolic OH excluding ortho intramolecular Hbond substituents is 1. The van der Waals surface area contributed by atoms with Crippen LogP contribution in [0.4, 0.5) is 0 Å². The van der Waals surface area contributed by atoms with Crippen molar-refractivity contribution in [3.63, 3.8) is 0 Å². The fourth-order valence-corrected chi connectivity index (χ4v) is 3.13. The minimum Gasteiger partial charge on any atom is -0.508 e. The molecular weight excluding hydrogens is 307 g/mol. The number of aryl methyl sites for hydroxylation is 1. The van der Waals surface area contributed by atoms with Crippen LogP contribution in [0.15, 0.2) is 41.5 Å². The molecule has 2 N–H and O–H groups in total. The zero-order valence-corrected chi connectivity index (χ0v) is 12.9. The van der Waals surface area contributed by atoms with Gasteiger partial charge in [0.05, 0.1) is 11.8 Å². The van der Waals surface area contributed by atoms with E-state index < -0.39 is 0 Å². The molecule has 3 rings (SSSR count). The summed E-state index contributed by atoms with van der Waals surface area (Å²) in [6.45, 7) is 1.87. The molecule has 0 spiro atoms. The molecule has 108 valence electrons. The van der Waals surface area contributed by atoms with Crippen molar-refractivity contribution in [2.45, 2.75) is 19.4 Å². The van der Waals surface area contributed by atoms with E-state index in [0.717, 1.165) is 22.4 Å². The van der Waals surface area contributed by atoms with E-state index in [-0.39, 0.29) is 11.8 Å². The van der Waals surface area contributed by atoms with Gasteiger partial charge in [-0.25, -0.2) is 0 Å². The van der Waals surface area contributed by atoms with Gasteiger partial charge in [-0.2, -0.15) is 5.10 Å². The zero-order valence-electron chi connectivity index (χ0n) is 11.4. The van der Waals surface area contributed by atoms with Gasteiger partial charge < -0.3 is 10.5 Å². The molecular formula is C16H14Cl2N2O. The minimum atomic E-state index is -0.0321. The van der Waals surface area contributed by atoms with Gasteiger partial charge in [0.1, 0.15) is 5.75 Å². The molecule has 0 fully saturated rings. The highest BCUT2D eigenvalue weighted by atomic mass is 35.5. The predicted octanol–water partition coefficient (Wildman–Crippen LogP) is 4.45. The number of hydrogen-bond acceptors (Lipinski definition) is 3. The van der Waals surface area contributed by atoms with Crippen molar-refractivity contribution >= 4 is 28.9 Å². The minimum absolute atomic E-state index is 0.0321.